The number of nitrogens with two attached hydrogens (primary N) is 1. The highest BCUT2D eigenvalue weighted by Gasteiger charge is 2.04. The van der Waals surface area contributed by atoms with Crippen molar-refractivity contribution in [1.82, 2.24) is 0 Å². The number of anilines is 1. The smallest absolute Gasteiger partial charge is 0.162 e. The van der Waals surface area contributed by atoms with Gasteiger partial charge in [0.15, 0.2) is 5.78 Å². The number of nitrogen functional groups attached to an aromatic ring is 1. The summed E-state index contributed by atoms with van der Waals surface area (Å²) < 4.78 is 0. The van der Waals surface area contributed by atoms with Crippen LogP contribution in [0.3, 0.4) is 0 Å². The molecule has 3 N–H and O–H groups in total. The third-order valence-electron chi connectivity index (χ3n) is 3.79. The Labute approximate surface area is 128 Å². The third kappa shape index (κ3) is 8.51. The van der Waals surface area contributed by atoms with Crippen LogP contribution in [0.25, 0.3) is 0 Å². The van der Waals surface area contributed by atoms with Crippen LogP contribution in [0.5, 0.6) is 0 Å². The van der Waals surface area contributed by atoms with Gasteiger partial charge in [0.05, 0.1) is 0 Å². The van der Waals surface area contributed by atoms with Gasteiger partial charge in [0.2, 0.25) is 0 Å². The molecule has 0 unspecified atom stereocenters. The second kappa shape index (κ2) is 11.3. The fourth-order valence-electron chi connectivity index (χ4n) is 2.45. The maximum atomic E-state index is 11.9. The van der Waals surface area contributed by atoms with Crippen LogP contribution in [0, 0.1) is 0 Å². The highest BCUT2D eigenvalue weighted by molar-refractivity contribution is 5.96. The average Bonchev–Trinajstić information content (AvgIpc) is 2.49. The van der Waals surface area contributed by atoms with E-state index in [9.17, 15) is 4.79 Å². The summed E-state index contributed by atoms with van der Waals surface area (Å²) in [7, 11) is 0. The second-order valence-corrected chi connectivity index (χ2v) is 5.70. The Morgan fingerprint density at radius 2 is 1.29 bits per heavy atom. The maximum absolute atomic E-state index is 11.9. The van der Waals surface area contributed by atoms with Crippen LogP contribution in [0.1, 0.15) is 74.6 Å². The van der Waals surface area contributed by atoms with Gasteiger partial charge in [0.25, 0.3) is 0 Å². The van der Waals surface area contributed by atoms with Gasteiger partial charge in [0, 0.05) is 24.3 Å². The zero-order chi connectivity index (χ0) is 15.3. The molecule has 0 atom stereocenters. The third-order valence-corrected chi connectivity index (χ3v) is 3.79. The van der Waals surface area contributed by atoms with E-state index < -0.39 is 0 Å². The van der Waals surface area contributed by atoms with Gasteiger partial charge in [0.1, 0.15) is 0 Å². The molecular formula is C18H29NO2. The summed E-state index contributed by atoms with van der Waals surface area (Å²) in [4.78, 5) is 11.9. The van der Waals surface area contributed by atoms with E-state index in [4.69, 9.17) is 10.8 Å². The first kappa shape index (κ1) is 17.7. The molecule has 0 fully saturated rings. The highest BCUT2D eigenvalue weighted by atomic mass is 16.2. The van der Waals surface area contributed by atoms with Crippen LogP contribution in [0.15, 0.2) is 24.3 Å². The van der Waals surface area contributed by atoms with Crippen LogP contribution in [-0.2, 0) is 0 Å². The lowest BCUT2D eigenvalue weighted by molar-refractivity contribution is 0.0979. The van der Waals surface area contributed by atoms with Crippen molar-refractivity contribution in [2.24, 2.45) is 0 Å². The monoisotopic (exact) mass is 291 g/mol. The van der Waals surface area contributed by atoms with E-state index in [0.717, 1.165) is 31.2 Å². The zero-order valence-electron chi connectivity index (χ0n) is 13.0. The molecule has 0 radical (unpaired) electrons. The van der Waals surface area contributed by atoms with Gasteiger partial charge in [-0.1, -0.05) is 44.9 Å². The molecule has 0 aliphatic heterocycles. The highest BCUT2D eigenvalue weighted by Crippen LogP contribution is 2.13. The standard InChI is InChI=1S/C18H29NO2/c19-17-13-11-16(12-14-17)18(21)10-8-6-4-2-1-3-5-7-9-15-20/h11-14,20H,1-10,15,19H2. The Morgan fingerprint density at radius 3 is 1.81 bits per heavy atom. The van der Waals surface area contributed by atoms with Crippen molar-refractivity contribution in [3.8, 4) is 0 Å². The number of hydrogen-bond donors (Lipinski definition) is 2. The van der Waals surface area contributed by atoms with Crippen LogP contribution < -0.4 is 5.73 Å². The quantitative estimate of drug-likeness (QED) is 0.342. The number of hydrogen-bond acceptors (Lipinski definition) is 3. The van der Waals surface area contributed by atoms with E-state index in [1.807, 2.05) is 12.1 Å². The Balaban J connectivity index is 1.96. The predicted molar refractivity (Wildman–Crippen MR) is 88.4 cm³/mol. The van der Waals surface area contributed by atoms with Gasteiger partial charge in [-0.15, -0.1) is 0 Å². The number of ketones is 1. The predicted octanol–water partition coefficient (Wildman–Crippen LogP) is 4.34. The summed E-state index contributed by atoms with van der Waals surface area (Å²) in [6, 6.07) is 7.18. The molecule has 0 bridgehead atoms. The molecule has 1 rings (SSSR count). The molecule has 118 valence electrons. The lowest BCUT2D eigenvalue weighted by Crippen LogP contribution is -1.99. The lowest BCUT2D eigenvalue weighted by Gasteiger charge is -2.03. The van der Waals surface area contributed by atoms with Gasteiger partial charge in [-0.05, 0) is 37.1 Å². The molecule has 0 amide bonds. The Hall–Kier alpha value is -1.35. The normalized spacial score (nSPS) is 10.7. The molecule has 3 nitrogen and oxygen atoms in total. The molecule has 1 aromatic rings. The van der Waals surface area contributed by atoms with E-state index in [0.29, 0.717) is 18.7 Å². The van der Waals surface area contributed by atoms with E-state index in [1.165, 1.54) is 32.1 Å². The van der Waals surface area contributed by atoms with Crippen molar-refractivity contribution >= 4 is 11.5 Å². The first-order valence-corrected chi connectivity index (χ1v) is 8.23. The summed E-state index contributed by atoms with van der Waals surface area (Å²) >= 11 is 0. The molecule has 3 heteroatoms. The van der Waals surface area contributed by atoms with Crippen molar-refractivity contribution in [2.75, 3.05) is 12.3 Å². The van der Waals surface area contributed by atoms with Crippen molar-refractivity contribution in [3.05, 3.63) is 29.8 Å². The van der Waals surface area contributed by atoms with Gasteiger partial charge < -0.3 is 10.8 Å². The van der Waals surface area contributed by atoms with Crippen LogP contribution in [0.2, 0.25) is 0 Å². The van der Waals surface area contributed by atoms with Crippen molar-refractivity contribution < 1.29 is 9.90 Å². The zero-order valence-corrected chi connectivity index (χ0v) is 13.0. The summed E-state index contributed by atoms with van der Waals surface area (Å²) in [5.74, 6) is 0.221. The number of carbonyl (C=O) groups excluding carboxylic acids is 1. The fraction of sp³-hybridized carbons (Fsp3) is 0.611. The number of aliphatic hydroxyl groups excluding tert-OH is 1. The fourth-order valence-corrected chi connectivity index (χ4v) is 2.45. The van der Waals surface area contributed by atoms with Gasteiger partial charge >= 0.3 is 0 Å². The summed E-state index contributed by atoms with van der Waals surface area (Å²) in [5, 5.41) is 8.67. The minimum Gasteiger partial charge on any atom is -0.399 e. The first-order valence-electron chi connectivity index (χ1n) is 8.23. The molecule has 0 spiro atoms. The molecule has 0 saturated heterocycles. The van der Waals surface area contributed by atoms with Gasteiger partial charge in [-0.3, -0.25) is 4.79 Å². The van der Waals surface area contributed by atoms with Crippen molar-refractivity contribution in [1.29, 1.82) is 0 Å². The van der Waals surface area contributed by atoms with Gasteiger partial charge in [-0.2, -0.15) is 0 Å². The minimum atomic E-state index is 0.221. The van der Waals surface area contributed by atoms with Crippen LogP contribution in [0.4, 0.5) is 5.69 Å². The van der Waals surface area contributed by atoms with Gasteiger partial charge in [-0.25, -0.2) is 0 Å². The van der Waals surface area contributed by atoms with E-state index >= 15 is 0 Å². The Morgan fingerprint density at radius 1 is 0.810 bits per heavy atom. The number of benzene rings is 1. The van der Waals surface area contributed by atoms with Crippen LogP contribution >= 0.6 is 0 Å². The van der Waals surface area contributed by atoms with E-state index in [1.54, 1.807) is 12.1 Å². The summed E-state index contributed by atoms with van der Waals surface area (Å²) in [6.07, 6.45) is 11.1. The minimum absolute atomic E-state index is 0.221. The van der Waals surface area contributed by atoms with E-state index in [-0.39, 0.29) is 5.78 Å². The lowest BCUT2D eigenvalue weighted by atomic mass is 10.0. The SMILES string of the molecule is Nc1ccc(C(=O)CCCCCCCCCCCO)cc1. The number of Topliss-reactive ketones (excluding diaryl/α,β-unsaturated/α-hetero) is 1. The molecule has 1 aromatic carbocycles. The number of carbonyl (C=O) groups is 1. The average molecular weight is 291 g/mol. The molecule has 21 heavy (non-hydrogen) atoms. The topological polar surface area (TPSA) is 63.3 Å². The second-order valence-electron chi connectivity index (χ2n) is 5.70. The molecule has 0 aliphatic rings. The van der Waals surface area contributed by atoms with Crippen LogP contribution in [-0.4, -0.2) is 17.5 Å². The summed E-state index contributed by atoms with van der Waals surface area (Å²) in [5.41, 5.74) is 7.08. The number of aliphatic hydroxyl groups is 1. The van der Waals surface area contributed by atoms with E-state index in [2.05, 4.69) is 0 Å². The number of unbranched alkanes of at least 4 members (excludes halogenated alkanes) is 8. The molecule has 0 aromatic heterocycles. The molecule has 0 saturated carbocycles. The maximum Gasteiger partial charge on any atom is 0.162 e. The Bertz CT molecular complexity index is 387. The van der Waals surface area contributed by atoms with Crippen molar-refractivity contribution in [2.45, 2.75) is 64.2 Å². The number of rotatable bonds is 12. The first-order chi connectivity index (χ1) is 10.2. The summed E-state index contributed by atoms with van der Waals surface area (Å²) in [6.45, 7) is 0.321. The molecule has 0 aliphatic carbocycles. The molecular weight excluding hydrogens is 262 g/mol. The molecule has 0 heterocycles. The van der Waals surface area contributed by atoms with Crippen molar-refractivity contribution in [3.63, 3.8) is 0 Å². The largest absolute Gasteiger partial charge is 0.399 e. The Kier molecular flexibility index (Phi) is 9.55.